The van der Waals surface area contributed by atoms with Crippen LogP contribution in [-0.2, 0) is 11.2 Å². The van der Waals surface area contributed by atoms with Crippen molar-refractivity contribution in [2.45, 2.75) is 18.5 Å². The molecule has 1 amide bonds. The van der Waals surface area contributed by atoms with E-state index in [1.54, 1.807) is 6.07 Å². The van der Waals surface area contributed by atoms with Crippen LogP contribution in [0.15, 0.2) is 48.5 Å². The van der Waals surface area contributed by atoms with E-state index in [2.05, 4.69) is 4.98 Å². The second kappa shape index (κ2) is 4.47. The number of aromatic nitrogens is 1. The Balaban J connectivity index is 1.83. The zero-order chi connectivity index (χ0) is 16.4. The predicted octanol–water partition coefficient (Wildman–Crippen LogP) is 2.72. The Hall–Kier alpha value is -3.08. The maximum Gasteiger partial charge on any atom is 0.326 e. The third-order valence-corrected chi connectivity index (χ3v) is 5.14. The van der Waals surface area contributed by atoms with Gasteiger partial charge in [0.25, 0.3) is 5.91 Å². The molecule has 118 valence electrons. The number of carbonyl (C=O) groups excluding carboxylic acids is 1. The van der Waals surface area contributed by atoms with Gasteiger partial charge in [-0.05, 0) is 23.3 Å². The van der Waals surface area contributed by atoms with Crippen LogP contribution in [0.2, 0.25) is 0 Å². The summed E-state index contributed by atoms with van der Waals surface area (Å²) >= 11 is 0. The van der Waals surface area contributed by atoms with Gasteiger partial charge in [-0.25, -0.2) is 4.79 Å². The van der Waals surface area contributed by atoms with Gasteiger partial charge >= 0.3 is 5.97 Å². The number of aliphatic carboxylic acids is 1. The summed E-state index contributed by atoms with van der Waals surface area (Å²) in [6, 6.07) is 14.1. The maximum absolute atomic E-state index is 12.8. The molecule has 2 unspecified atom stereocenters. The second-order valence-electron chi connectivity index (χ2n) is 6.32. The normalized spacial score (nSPS) is 21.5. The molecule has 0 fully saturated rings. The highest BCUT2D eigenvalue weighted by atomic mass is 16.4. The lowest BCUT2D eigenvalue weighted by Gasteiger charge is -2.35. The molecule has 3 aromatic rings. The van der Waals surface area contributed by atoms with Gasteiger partial charge in [0, 0.05) is 28.6 Å². The molecule has 0 saturated heterocycles. The Bertz CT molecular complexity index is 1020. The minimum absolute atomic E-state index is 0.202. The molecule has 24 heavy (non-hydrogen) atoms. The number of hydrogen-bond acceptors (Lipinski definition) is 2. The third-order valence-electron chi connectivity index (χ3n) is 5.14. The topological polar surface area (TPSA) is 73.4 Å². The zero-order valence-corrected chi connectivity index (χ0v) is 12.7. The first-order chi connectivity index (χ1) is 11.7. The number of hydrogen-bond donors (Lipinski definition) is 2. The summed E-state index contributed by atoms with van der Waals surface area (Å²) in [7, 11) is 0. The molecule has 0 spiro atoms. The summed E-state index contributed by atoms with van der Waals surface area (Å²) in [5.41, 5.74) is 4.39. The number of rotatable bonds is 1. The number of carboxylic acid groups (broad SMARTS) is 1. The lowest BCUT2D eigenvalue weighted by atomic mass is 9.90. The summed E-state index contributed by atoms with van der Waals surface area (Å²) in [5.74, 6) is -1.16. The van der Waals surface area contributed by atoms with E-state index in [4.69, 9.17) is 0 Å². The van der Waals surface area contributed by atoms with Crippen molar-refractivity contribution in [2.24, 2.45) is 0 Å². The first kappa shape index (κ1) is 13.4. The van der Waals surface area contributed by atoms with E-state index in [-0.39, 0.29) is 11.9 Å². The average molecular weight is 318 g/mol. The van der Waals surface area contributed by atoms with Crippen molar-refractivity contribution in [3.05, 3.63) is 70.9 Å². The zero-order valence-electron chi connectivity index (χ0n) is 12.7. The van der Waals surface area contributed by atoms with Crippen molar-refractivity contribution in [2.75, 3.05) is 0 Å². The summed E-state index contributed by atoms with van der Waals surface area (Å²) < 4.78 is 0. The van der Waals surface area contributed by atoms with Crippen LogP contribution in [0.5, 0.6) is 0 Å². The number of fused-ring (bicyclic) bond motifs is 7. The number of H-pyrrole nitrogens is 1. The Morgan fingerprint density at radius 2 is 1.88 bits per heavy atom. The molecule has 2 aliphatic heterocycles. The molecule has 5 nitrogen and oxygen atoms in total. The minimum Gasteiger partial charge on any atom is -0.480 e. The van der Waals surface area contributed by atoms with Gasteiger partial charge in [-0.15, -0.1) is 0 Å². The standard InChI is InChI=1S/C19H14N2O3/c22-18-12-7-2-1-6-11(12)17-16-13(9-15(19(23)24)21(17)18)10-5-3-4-8-14(10)20-16/h1-8,15,17,20H,9H2,(H,23,24). The fraction of sp³-hybridized carbons (Fsp3) is 0.158. The van der Waals surface area contributed by atoms with Crippen molar-refractivity contribution < 1.29 is 14.7 Å². The number of benzene rings is 2. The summed E-state index contributed by atoms with van der Waals surface area (Å²) in [5, 5.41) is 10.8. The highest BCUT2D eigenvalue weighted by Crippen LogP contribution is 2.46. The maximum atomic E-state index is 12.8. The Kier molecular flexibility index (Phi) is 2.49. The molecule has 0 bridgehead atoms. The lowest BCUT2D eigenvalue weighted by Crippen LogP contribution is -2.48. The minimum atomic E-state index is -0.961. The number of nitrogens with one attached hydrogen (secondary N) is 1. The average Bonchev–Trinajstić information content (AvgIpc) is 3.11. The molecule has 2 aromatic carbocycles. The van der Waals surface area contributed by atoms with Crippen LogP contribution in [0.25, 0.3) is 10.9 Å². The number of carboxylic acids is 1. The van der Waals surface area contributed by atoms with E-state index in [9.17, 15) is 14.7 Å². The number of nitrogens with zero attached hydrogens (tertiary/aromatic N) is 1. The van der Waals surface area contributed by atoms with Crippen molar-refractivity contribution in [3.63, 3.8) is 0 Å². The van der Waals surface area contributed by atoms with Gasteiger partial charge in [-0.1, -0.05) is 36.4 Å². The summed E-state index contributed by atoms with van der Waals surface area (Å²) in [6.07, 6.45) is 0.324. The van der Waals surface area contributed by atoms with Crippen molar-refractivity contribution >= 4 is 22.8 Å². The predicted molar refractivity (Wildman–Crippen MR) is 87.9 cm³/mol. The molecule has 1 aromatic heterocycles. The van der Waals surface area contributed by atoms with Gasteiger partial charge in [0.15, 0.2) is 0 Å². The molecular formula is C19H14N2O3. The van der Waals surface area contributed by atoms with Gasteiger partial charge in [-0.2, -0.15) is 0 Å². The SMILES string of the molecule is O=C(O)C1Cc2c([nH]c3ccccc23)C2c3ccccc3C(=O)N12. The van der Waals surface area contributed by atoms with Crippen LogP contribution < -0.4 is 0 Å². The molecule has 0 saturated carbocycles. The van der Waals surface area contributed by atoms with Gasteiger partial charge in [0.1, 0.15) is 6.04 Å². The van der Waals surface area contributed by atoms with Crippen molar-refractivity contribution in [3.8, 4) is 0 Å². The van der Waals surface area contributed by atoms with Gasteiger partial charge in [0.2, 0.25) is 0 Å². The molecule has 2 aliphatic rings. The molecule has 3 heterocycles. The van der Waals surface area contributed by atoms with Crippen LogP contribution >= 0.6 is 0 Å². The van der Waals surface area contributed by atoms with Crippen LogP contribution in [0.3, 0.4) is 0 Å². The monoisotopic (exact) mass is 318 g/mol. The third kappa shape index (κ3) is 1.53. The van der Waals surface area contributed by atoms with E-state index < -0.39 is 12.0 Å². The van der Waals surface area contributed by atoms with Crippen LogP contribution in [0.4, 0.5) is 0 Å². The first-order valence-corrected chi connectivity index (χ1v) is 7.90. The highest BCUT2D eigenvalue weighted by molar-refractivity contribution is 6.03. The van der Waals surface area contributed by atoms with Crippen LogP contribution in [0, 0.1) is 0 Å². The van der Waals surface area contributed by atoms with Crippen LogP contribution in [0.1, 0.15) is 33.2 Å². The molecule has 5 heteroatoms. The first-order valence-electron chi connectivity index (χ1n) is 7.90. The van der Waals surface area contributed by atoms with Gasteiger partial charge < -0.3 is 15.0 Å². The van der Waals surface area contributed by atoms with Crippen molar-refractivity contribution in [1.82, 2.24) is 9.88 Å². The van der Waals surface area contributed by atoms with E-state index in [1.807, 2.05) is 42.5 Å². The summed E-state index contributed by atoms with van der Waals surface area (Å²) in [6.45, 7) is 0. The molecule has 5 rings (SSSR count). The largest absolute Gasteiger partial charge is 0.480 e. The van der Waals surface area contributed by atoms with Crippen molar-refractivity contribution in [1.29, 1.82) is 0 Å². The number of carbonyl (C=O) groups is 2. The summed E-state index contributed by atoms with van der Waals surface area (Å²) in [4.78, 5) is 29.6. The van der Waals surface area contributed by atoms with E-state index in [0.29, 0.717) is 12.0 Å². The number of amides is 1. The Morgan fingerprint density at radius 3 is 2.71 bits per heavy atom. The number of para-hydroxylation sites is 1. The fourth-order valence-corrected chi connectivity index (χ4v) is 4.12. The fourth-order valence-electron chi connectivity index (χ4n) is 4.12. The Labute approximate surface area is 137 Å². The molecule has 0 radical (unpaired) electrons. The smallest absolute Gasteiger partial charge is 0.326 e. The quantitative estimate of drug-likeness (QED) is 0.724. The van der Waals surface area contributed by atoms with Gasteiger partial charge in [0.05, 0.1) is 6.04 Å². The molecule has 2 N–H and O–H groups in total. The lowest BCUT2D eigenvalue weighted by molar-refractivity contribution is -0.143. The van der Waals surface area contributed by atoms with E-state index >= 15 is 0 Å². The Morgan fingerprint density at radius 1 is 1.12 bits per heavy atom. The van der Waals surface area contributed by atoms with E-state index in [1.165, 1.54) is 4.90 Å². The molecule has 2 atom stereocenters. The molecular weight excluding hydrogens is 304 g/mol. The van der Waals surface area contributed by atoms with E-state index in [0.717, 1.165) is 27.7 Å². The number of aromatic amines is 1. The van der Waals surface area contributed by atoms with Crippen LogP contribution in [-0.4, -0.2) is 32.9 Å². The molecule has 0 aliphatic carbocycles. The van der Waals surface area contributed by atoms with Gasteiger partial charge in [-0.3, -0.25) is 4.79 Å². The second-order valence-corrected chi connectivity index (χ2v) is 6.32. The highest BCUT2D eigenvalue weighted by Gasteiger charge is 2.48.